The van der Waals surface area contributed by atoms with Crippen molar-refractivity contribution < 1.29 is 13.5 Å². The van der Waals surface area contributed by atoms with E-state index in [1.54, 1.807) is 6.20 Å². The maximum Gasteiger partial charge on any atom is 0.152 e. The fourth-order valence-electron chi connectivity index (χ4n) is 3.07. The molecule has 3 rings (SSSR count). The summed E-state index contributed by atoms with van der Waals surface area (Å²) < 4.78 is 32.9. The predicted molar refractivity (Wildman–Crippen MR) is 83.1 cm³/mol. The number of hydrogen-bond donors (Lipinski definition) is 0. The van der Waals surface area contributed by atoms with Crippen molar-refractivity contribution in [2.75, 3.05) is 31.2 Å². The minimum absolute atomic E-state index is 0.232. The average Bonchev–Trinajstić information content (AvgIpc) is 2.53. The normalized spacial score (nSPS) is 16.4. The molecule has 0 amide bonds. The summed E-state index contributed by atoms with van der Waals surface area (Å²) in [5.41, 5.74) is 1.09. The highest BCUT2D eigenvalue weighted by Crippen LogP contribution is 2.31. The molecule has 1 aromatic heterocycles. The summed E-state index contributed by atoms with van der Waals surface area (Å²) in [5.74, 6) is -0.605. The average molecular weight is 306 g/mol. The lowest BCUT2D eigenvalue weighted by molar-refractivity contribution is 0.100. The molecule has 118 valence electrons. The Morgan fingerprint density at radius 2 is 2.05 bits per heavy atom. The summed E-state index contributed by atoms with van der Waals surface area (Å²) in [6, 6.07) is 4.09. The predicted octanol–water partition coefficient (Wildman–Crippen LogP) is 3.77. The van der Waals surface area contributed by atoms with Gasteiger partial charge in [0.2, 0.25) is 0 Å². The Labute approximate surface area is 128 Å². The first-order valence-electron chi connectivity index (χ1n) is 7.75. The van der Waals surface area contributed by atoms with Gasteiger partial charge in [-0.3, -0.25) is 4.98 Å². The van der Waals surface area contributed by atoms with E-state index in [1.807, 2.05) is 13.0 Å². The Bertz CT molecular complexity index is 654. The molecule has 1 saturated heterocycles. The quantitative estimate of drug-likeness (QED) is 0.860. The fraction of sp³-hybridized carbons (Fsp3) is 0.471. The van der Waals surface area contributed by atoms with Crippen LogP contribution in [0.4, 0.5) is 14.5 Å². The molecule has 0 unspecified atom stereocenters. The Morgan fingerprint density at radius 3 is 2.77 bits per heavy atom. The van der Waals surface area contributed by atoms with Crippen LogP contribution in [-0.2, 0) is 4.74 Å². The number of nitrogens with zero attached hydrogens (tertiary/aromatic N) is 2. The molecule has 3 nitrogen and oxygen atoms in total. The summed E-state index contributed by atoms with van der Waals surface area (Å²) in [6.07, 6.45) is 3.65. The molecule has 2 heterocycles. The van der Waals surface area contributed by atoms with Crippen LogP contribution in [0.3, 0.4) is 0 Å². The second-order valence-corrected chi connectivity index (χ2v) is 5.70. The molecule has 2 aromatic rings. The Kier molecular flexibility index (Phi) is 4.52. The number of ether oxygens (including phenoxy) is 1. The van der Waals surface area contributed by atoms with E-state index < -0.39 is 11.6 Å². The zero-order valence-corrected chi connectivity index (χ0v) is 12.7. The van der Waals surface area contributed by atoms with Gasteiger partial charge in [-0.1, -0.05) is 0 Å². The molecule has 0 atom stereocenters. The lowest BCUT2D eigenvalue weighted by Crippen LogP contribution is -2.35. The summed E-state index contributed by atoms with van der Waals surface area (Å²) >= 11 is 0. The third-order valence-corrected chi connectivity index (χ3v) is 4.25. The van der Waals surface area contributed by atoms with E-state index in [4.69, 9.17) is 4.74 Å². The van der Waals surface area contributed by atoms with Crippen molar-refractivity contribution in [1.29, 1.82) is 0 Å². The summed E-state index contributed by atoms with van der Waals surface area (Å²) in [7, 11) is 0. The number of aromatic nitrogens is 1. The summed E-state index contributed by atoms with van der Waals surface area (Å²) in [6.45, 7) is 5.28. The van der Waals surface area contributed by atoms with Crippen LogP contribution < -0.4 is 4.90 Å². The van der Waals surface area contributed by atoms with Crippen LogP contribution in [0.15, 0.2) is 24.4 Å². The fourth-order valence-corrected chi connectivity index (χ4v) is 3.07. The first-order valence-corrected chi connectivity index (χ1v) is 7.75. The Hall–Kier alpha value is -1.75. The van der Waals surface area contributed by atoms with Crippen molar-refractivity contribution >= 4 is 16.6 Å². The zero-order chi connectivity index (χ0) is 15.5. The van der Waals surface area contributed by atoms with E-state index in [9.17, 15) is 8.78 Å². The van der Waals surface area contributed by atoms with E-state index in [-0.39, 0.29) is 5.52 Å². The molecule has 1 aromatic carbocycles. The molecular weight excluding hydrogens is 286 g/mol. The number of hydrogen-bond acceptors (Lipinski definition) is 3. The molecule has 0 radical (unpaired) electrons. The van der Waals surface area contributed by atoms with Crippen molar-refractivity contribution in [2.24, 2.45) is 5.92 Å². The minimum atomic E-state index is -0.608. The number of piperidine rings is 1. The van der Waals surface area contributed by atoms with Gasteiger partial charge in [0, 0.05) is 49.6 Å². The van der Waals surface area contributed by atoms with Gasteiger partial charge in [0.05, 0.1) is 0 Å². The topological polar surface area (TPSA) is 25.4 Å². The highest BCUT2D eigenvalue weighted by molar-refractivity contribution is 5.92. The van der Waals surface area contributed by atoms with Crippen LogP contribution in [0.5, 0.6) is 0 Å². The molecule has 0 spiro atoms. The second-order valence-electron chi connectivity index (χ2n) is 5.70. The molecule has 22 heavy (non-hydrogen) atoms. The molecule has 0 bridgehead atoms. The van der Waals surface area contributed by atoms with E-state index in [2.05, 4.69) is 9.88 Å². The third-order valence-electron chi connectivity index (χ3n) is 4.25. The van der Waals surface area contributed by atoms with Crippen molar-refractivity contribution in [3.8, 4) is 0 Å². The van der Waals surface area contributed by atoms with Gasteiger partial charge in [-0.15, -0.1) is 0 Å². The SMILES string of the molecule is CCOCC1CCN(c2ccnc3c(F)cc(F)cc23)CC1. The maximum absolute atomic E-state index is 13.9. The number of halogens is 2. The number of pyridine rings is 1. The van der Waals surface area contributed by atoms with E-state index in [0.29, 0.717) is 11.3 Å². The van der Waals surface area contributed by atoms with Gasteiger partial charge >= 0.3 is 0 Å². The number of rotatable bonds is 4. The van der Waals surface area contributed by atoms with Crippen LogP contribution >= 0.6 is 0 Å². The number of benzene rings is 1. The smallest absolute Gasteiger partial charge is 0.152 e. The highest BCUT2D eigenvalue weighted by Gasteiger charge is 2.21. The van der Waals surface area contributed by atoms with Crippen LogP contribution in [0.25, 0.3) is 10.9 Å². The Balaban J connectivity index is 1.83. The Morgan fingerprint density at radius 1 is 1.27 bits per heavy atom. The van der Waals surface area contributed by atoms with E-state index in [1.165, 1.54) is 6.07 Å². The van der Waals surface area contributed by atoms with Crippen molar-refractivity contribution in [2.45, 2.75) is 19.8 Å². The van der Waals surface area contributed by atoms with E-state index in [0.717, 1.165) is 50.9 Å². The van der Waals surface area contributed by atoms with Crippen molar-refractivity contribution in [1.82, 2.24) is 4.98 Å². The standard InChI is InChI=1S/C17H20F2N2O/c1-2-22-11-12-4-7-21(8-5-12)16-3-6-20-17-14(16)9-13(18)10-15(17)19/h3,6,9-10,12H,2,4-5,7-8,11H2,1H3. The second kappa shape index (κ2) is 6.57. The van der Waals surface area contributed by atoms with Gasteiger partial charge in [0.25, 0.3) is 0 Å². The zero-order valence-electron chi connectivity index (χ0n) is 12.7. The minimum Gasteiger partial charge on any atom is -0.381 e. The van der Waals surface area contributed by atoms with Gasteiger partial charge in [-0.05, 0) is 37.8 Å². The lowest BCUT2D eigenvalue weighted by atomic mass is 9.97. The molecule has 0 saturated carbocycles. The van der Waals surface area contributed by atoms with Gasteiger partial charge in [-0.2, -0.15) is 0 Å². The summed E-state index contributed by atoms with van der Waals surface area (Å²) in [5, 5.41) is 0.545. The molecule has 1 aliphatic heterocycles. The molecule has 5 heteroatoms. The van der Waals surface area contributed by atoms with Crippen LogP contribution in [0.2, 0.25) is 0 Å². The van der Waals surface area contributed by atoms with Gasteiger partial charge < -0.3 is 9.64 Å². The molecule has 1 fully saturated rings. The number of fused-ring (bicyclic) bond motifs is 1. The van der Waals surface area contributed by atoms with Crippen molar-refractivity contribution in [3.05, 3.63) is 36.0 Å². The van der Waals surface area contributed by atoms with Crippen LogP contribution in [0.1, 0.15) is 19.8 Å². The molecule has 0 aliphatic carbocycles. The monoisotopic (exact) mass is 306 g/mol. The maximum atomic E-state index is 13.9. The van der Waals surface area contributed by atoms with Crippen molar-refractivity contribution in [3.63, 3.8) is 0 Å². The third kappa shape index (κ3) is 3.04. The molecular formula is C17H20F2N2O. The molecule has 1 aliphatic rings. The van der Waals surface area contributed by atoms with Gasteiger partial charge in [0.1, 0.15) is 11.3 Å². The first-order chi connectivity index (χ1) is 10.7. The van der Waals surface area contributed by atoms with Crippen LogP contribution in [-0.4, -0.2) is 31.3 Å². The summed E-state index contributed by atoms with van der Waals surface area (Å²) in [4.78, 5) is 6.23. The largest absolute Gasteiger partial charge is 0.381 e. The molecule has 0 N–H and O–H groups in total. The van der Waals surface area contributed by atoms with E-state index >= 15 is 0 Å². The lowest BCUT2D eigenvalue weighted by Gasteiger charge is -2.34. The van der Waals surface area contributed by atoms with Crippen LogP contribution in [0, 0.1) is 17.6 Å². The number of anilines is 1. The first kappa shape index (κ1) is 15.2. The van der Waals surface area contributed by atoms with Gasteiger partial charge in [0.15, 0.2) is 5.82 Å². The van der Waals surface area contributed by atoms with Gasteiger partial charge in [-0.25, -0.2) is 8.78 Å². The highest BCUT2D eigenvalue weighted by atomic mass is 19.1.